The standard InChI is InChI=1S/C6H12O2S/c1-2-6(9)5-8-4-3-7/h7H,2-5H2,1H3. The number of ether oxygens (including phenoxy) is 1. The Bertz CT molecular complexity index is 83.1. The SMILES string of the molecule is CCC(=S)COCCO. The maximum Gasteiger partial charge on any atom is 0.0780 e. The first-order valence-corrected chi connectivity index (χ1v) is 3.42. The molecule has 0 rings (SSSR count). The third kappa shape index (κ3) is 5.89. The summed E-state index contributed by atoms with van der Waals surface area (Å²) in [5.74, 6) is 0. The maximum absolute atomic E-state index is 8.28. The van der Waals surface area contributed by atoms with E-state index in [2.05, 4.69) is 0 Å². The fourth-order valence-electron chi connectivity index (χ4n) is 0.353. The third-order valence-electron chi connectivity index (χ3n) is 0.893. The predicted octanol–water partition coefficient (Wildman–Crippen LogP) is 0.775. The summed E-state index contributed by atoms with van der Waals surface area (Å²) >= 11 is 4.86. The second-order valence-corrected chi connectivity index (χ2v) is 2.25. The van der Waals surface area contributed by atoms with Gasteiger partial charge in [-0.05, 0) is 6.42 Å². The second kappa shape index (κ2) is 6.13. The average Bonchev–Trinajstić information content (AvgIpc) is 1.89. The van der Waals surface area contributed by atoms with Crippen molar-refractivity contribution in [1.29, 1.82) is 0 Å². The molecule has 3 heteroatoms. The number of rotatable bonds is 5. The summed E-state index contributed by atoms with van der Waals surface area (Å²) in [5, 5.41) is 8.28. The van der Waals surface area contributed by atoms with Crippen LogP contribution in [0.5, 0.6) is 0 Å². The van der Waals surface area contributed by atoms with Crippen LogP contribution in [0.15, 0.2) is 0 Å². The van der Waals surface area contributed by atoms with Crippen molar-refractivity contribution in [3.05, 3.63) is 0 Å². The molecular weight excluding hydrogens is 136 g/mol. The molecule has 0 saturated carbocycles. The molecule has 54 valence electrons. The Labute approximate surface area is 60.8 Å². The highest BCUT2D eigenvalue weighted by molar-refractivity contribution is 7.80. The van der Waals surface area contributed by atoms with Gasteiger partial charge in [-0.25, -0.2) is 0 Å². The van der Waals surface area contributed by atoms with Gasteiger partial charge in [0.15, 0.2) is 0 Å². The van der Waals surface area contributed by atoms with Gasteiger partial charge in [0.1, 0.15) is 0 Å². The van der Waals surface area contributed by atoms with Crippen molar-refractivity contribution < 1.29 is 9.84 Å². The lowest BCUT2D eigenvalue weighted by Crippen LogP contribution is -2.07. The molecule has 0 aromatic carbocycles. The van der Waals surface area contributed by atoms with Gasteiger partial charge in [0.25, 0.3) is 0 Å². The Kier molecular flexibility index (Phi) is 6.14. The van der Waals surface area contributed by atoms with E-state index in [0.717, 1.165) is 11.3 Å². The Balaban J connectivity index is 2.97. The van der Waals surface area contributed by atoms with Crippen LogP contribution in [0, 0.1) is 0 Å². The minimum atomic E-state index is 0.0757. The molecule has 0 aromatic heterocycles. The molecule has 0 spiro atoms. The summed E-state index contributed by atoms with van der Waals surface area (Å²) in [7, 11) is 0. The minimum Gasteiger partial charge on any atom is -0.394 e. The summed E-state index contributed by atoms with van der Waals surface area (Å²) in [6.07, 6.45) is 0.876. The maximum atomic E-state index is 8.28. The molecule has 9 heavy (non-hydrogen) atoms. The van der Waals surface area contributed by atoms with Gasteiger partial charge in [0.05, 0.1) is 19.8 Å². The van der Waals surface area contributed by atoms with Crippen LogP contribution in [0.4, 0.5) is 0 Å². The lowest BCUT2D eigenvalue weighted by Gasteiger charge is -1.99. The van der Waals surface area contributed by atoms with Crippen molar-refractivity contribution in [2.75, 3.05) is 19.8 Å². The van der Waals surface area contributed by atoms with E-state index in [4.69, 9.17) is 22.1 Å². The number of aliphatic hydroxyl groups is 1. The van der Waals surface area contributed by atoms with E-state index < -0.39 is 0 Å². The average molecular weight is 148 g/mol. The molecule has 0 fully saturated rings. The van der Waals surface area contributed by atoms with Crippen LogP contribution in [0.25, 0.3) is 0 Å². The van der Waals surface area contributed by atoms with Gasteiger partial charge in [-0.2, -0.15) is 0 Å². The molecule has 0 amide bonds. The number of aliphatic hydroxyl groups excluding tert-OH is 1. The molecule has 0 radical (unpaired) electrons. The van der Waals surface area contributed by atoms with Gasteiger partial charge >= 0.3 is 0 Å². The Morgan fingerprint density at radius 2 is 2.33 bits per heavy atom. The van der Waals surface area contributed by atoms with Gasteiger partial charge in [0.2, 0.25) is 0 Å². The first-order chi connectivity index (χ1) is 4.31. The molecule has 2 nitrogen and oxygen atoms in total. The van der Waals surface area contributed by atoms with E-state index in [9.17, 15) is 0 Å². The lowest BCUT2D eigenvalue weighted by atomic mass is 10.4. The highest BCUT2D eigenvalue weighted by Crippen LogP contribution is 1.85. The summed E-state index contributed by atoms with van der Waals surface area (Å²) in [6.45, 7) is 2.96. The molecule has 1 N–H and O–H groups in total. The lowest BCUT2D eigenvalue weighted by molar-refractivity contribution is 0.118. The van der Waals surface area contributed by atoms with E-state index in [1.54, 1.807) is 0 Å². The minimum absolute atomic E-state index is 0.0757. The summed E-state index contributed by atoms with van der Waals surface area (Å²) < 4.78 is 4.94. The largest absolute Gasteiger partial charge is 0.394 e. The first-order valence-electron chi connectivity index (χ1n) is 3.01. The van der Waals surface area contributed by atoms with Crippen molar-refractivity contribution >= 4 is 17.1 Å². The molecule has 0 heterocycles. The summed E-state index contributed by atoms with van der Waals surface area (Å²) in [5.41, 5.74) is 0. The monoisotopic (exact) mass is 148 g/mol. The van der Waals surface area contributed by atoms with E-state index in [0.29, 0.717) is 13.2 Å². The number of hydrogen-bond donors (Lipinski definition) is 1. The van der Waals surface area contributed by atoms with Crippen LogP contribution in [0.3, 0.4) is 0 Å². The molecular formula is C6H12O2S. The van der Waals surface area contributed by atoms with Gasteiger partial charge in [0, 0.05) is 4.86 Å². The zero-order valence-corrected chi connectivity index (χ0v) is 6.41. The Morgan fingerprint density at radius 1 is 1.67 bits per heavy atom. The molecule has 0 aliphatic carbocycles. The van der Waals surface area contributed by atoms with Gasteiger partial charge < -0.3 is 9.84 Å². The van der Waals surface area contributed by atoms with Crippen molar-refractivity contribution in [3.8, 4) is 0 Å². The molecule has 0 saturated heterocycles. The zero-order chi connectivity index (χ0) is 7.11. The van der Waals surface area contributed by atoms with E-state index in [1.807, 2.05) is 6.92 Å². The van der Waals surface area contributed by atoms with Gasteiger partial charge in [-0.1, -0.05) is 19.1 Å². The predicted molar refractivity (Wildman–Crippen MR) is 40.8 cm³/mol. The smallest absolute Gasteiger partial charge is 0.0780 e. The van der Waals surface area contributed by atoms with Crippen molar-refractivity contribution in [1.82, 2.24) is 0 Å². The zero-order valence-electron chi connectivity index (χ0n) is 5.59. The number of hydrogen-bond acceptors (Lipinski definition) is 3. The number of thiocarbonyl (C=S) groups is 1. The van der Waals surface area contributed by atoms with Crippen molar-refractivity contribution in [2.24, 2.45) is 0 Å². The van der Waals surface area contributed by atoms with Crippen LogP contribution in [-0.2, 0) is 4.74 Å². The molecule has 0 aliphatic rings. The van der Waals surface area contributed by atoms with Gasteiger partial charge in [-0.15, -0.1) is 0 Å². The second-order valence-electron chi connectivity index (χ2n) is 1.67. The fourth-order valence-corrected chi connectivity index (χ4v) is 0.436. The van der Waals surface area contributed by atoms with Gasteiger partial charge in [-0.3, -0.25) is 0 Å². The summed E-state index contributed by atoms with van der Waals surface area (Å²) in [6, 6.07) is 0. The first kappa shape index (κ1) is 9.01. The Morgan fingerprint density at radius 3 is 2.78 bits per heavy atom. The Hall–Kier alpha value is 0.0100. The van der Waals surface area contributed by atoms with E-state index in [1.165, 1.54) is 0 Å². The molecule has 0 aliphatic heterocycles. The quantitative estimate of drug-likeness (QED) is 0.461. The molecule has 0 aromatic rings. The van der Waals surface area contributed by atoms with Crippen LogP contribution in [-0.4, -0.2) is 29.8 Å². The summed E-state index contributed by atoms with van der Waals surface area (Å²) in [4.78, 5) is 0.906. The van der Waals surface area contributed by atoms with Crippen LogP contribution >= 0.6 is 12.2 Å². The third-order valence-corrected chi connectivity index (χ3v) is 1.30. The topological polar surface area (TPSA) is 29.5 Å². The van der Waals surface area contributed by atoms with Crippen molar-refractivity contribution in [2.45, 2.75) is 13.3 Å². The molecule has 0 atom stereocenters. The highest BCUT2D eigenvalue weighted by Gasteiger charge is 1.90. The van der Waals surface area contributed by atoms with Crippen LogP contribution < -0.4 is 0 Å². The van der Waals surface area contributed by atoms with Crippen molar-refractivity contribution in [3.63, 3.8) is 0 Å². The van der Waals surface area contributed by atoms with E-state index in [-0.39, 0.29) is 6.61 Å². The van der Waals surface area contributed by atoms with E-state index >= 15 is 0 Å². The van der Waals surface area contributed by atoms with Crippen LogP contribution in [0.2, 0.25) is 0 Å². The fraction of sp³-hybridized carbons (Fsp3) is 0.833. The highest BCUT2D eigenvalue weighted by atomic mass is 32.1. The molecule has 0 unspecified atom stereocenters. The normalized spacial score (nSPS) is 9.56. The van der Waals surface area contributed by atoms with Crippen LogP contribution in [0.1, 0.15) is 13.3 Å². The molecule has 0 bridgehead atoms.